The van der Waals surface area contributed by atoms with Gasteiger partial charge < -0.3 is 15.5 Å². The molecule has 0 saturated carbocycles. The highest BCUT2D eigenvalue weighted by Gasteiger charge is 2.00. The predicted molar refractivity (Wildman–Crippen MR) is 85.8 cm³/mol. The second-order valence-electron chi connectivity index (χ2n) is 5.34. The van der Waals surface area contributed by atoms with E-state index in [-0.39, 0.29) is 0 Å². The summed E-state index contributed by atoms with van der Waals surface area (Å²) in [6, 6.07) is 0. The summed E-state index contributed by atoms with van der Waals surface area (Å²) in [7, 11) is 1.84. The van der Waals surface area contributed by atoms with Crippen LogP contribution in [0.15, 0.2) is 4.99 Å². The molecule has 0 fully saturated rings. The van der Waals surface area contributed by atoms with Crippen LogP contribution < -0.4 is 10.6 Å². The molecule has 4 heteroatoms. The fourth-order valence-electron chi connectivity index (χ4n) is 1.99. The summed E-state index contributed by atoms with van der Waals surface area (Å²) in [4.78, 5) is 6.69. The maximum Gasteiger partial charge on any atom is 0.190 e. The number of rotatable bonds is 10. The van der Waals surface area contributed by atoms with Crippen LogP contribution in [0, 0.1) is 5.92 Å². The van der Waals surface area contributed by atoms with Gasteiger partial charge >= 0.3 is 0 Å². The topological polar surface area (TPSA) is 39.7 Å². The number of hydrogen-bond acceptors (Lipinski definition) is 2. The zero-order valence-corrected chi connectivity index (χ0v) is 13.6. The number of nitrogens with one attached hydrogen (secondary N) is 2. The first-order chi connectivity index (χ1) is 9.13. The molecule has 0 aromatic carbocycles. The van der Waals surface area contributed by atoms with Gasteiger partial charge in [-0.05, 0) is 44.8 Å². The van der Waals surface area contributed by atoms with Crippen LogP contribution in [0.2, 0.25) is 0 Å². The summed E-state index contributed by atoms with van der Waals surface area (Å²) in [5, 5.41) is 6.74. The Balaban J connectivity index is 3.60. The molecule has 0 aliphatic heterocycles. The Morgan fingerprint density at radius 1 is 1.05 bits per heavy atom. The summed E-state index contributed by atoms with van der Waals surface area (Å²) in [6.45, 7) is 14.4. The third-order valence-electron chi connectivity index (χ3n) is 3.31. The Kier molecular flexibility index (Phi) is 11.8. The Hall–Kier alpha value is -0.770. The van der Waals surface area contributed by atoms with E-state index in [4.69, 9.17) is 0 Å². The first-order valence-corrected chi connectivity index (χ1v) is 7.80. The van der Waals surface area contributed by atoms with E-state index in [9.17, 15) is 0 Å². The first-order valence-electron chi connectivity index (χ1n) is 7.80. The highest BCUT2D eigenvalue weighted by atomic mass is 15.2. The molecule has 0 atom stereocenters. The second kappa shape index (κ2) is 12.3. The van der Waals surface area contributed by atoms with Crippen LogP contribution in [0.4, 0.5) is 0 Å². The Morgan fingerprint density at radius 3 is 2.11 bits per heavy atom. The lowest BCUT2D eigenvalue weighted by molar-refractivity contribution is 0.300. The summed E-state index contributed by atoms with van der Waals surface area (Å²) in [5.74, 6) is 1.72. The van der Waals surface area contributed by atoms with Gasteiger partial charge in [0.25, 0.3) is 0 Å². The van der Waals surface area contributed by atoms with Gasteiger partial charge in [-0.25, -0.2) is 0 Å². The maximum atomic E-state index is 4.24. The minimum Gasteiger partial charge on any atom is -0.356 e. The predicted octanol–water partition coefficient (Wildman–Crippen LogP) is 2.32. The van der Waals surface area contributed by atoms with Crippen molar-refractivity contribution in [2.45, 2.75) is 47.0 Å². The van der Waals surface area contributed by atoms with Crippen LogP contribution in [0.3, 0.4) is 0 Å². The van der Waals surface area contributed by atoms with Crippen LogP contribution in [-0.2, 0) is 0 Å². The molecule has 4 nitrogen and oxygen atoms in total. The Morgan fingerprint density at radius 2 is 1.63 bits per heavy atom. The number of aliphatic imine (C=N–C) groups is 1. The molecule has 0 amide bonds. The average Bonchev–Trinajstić information content (AvgIpc) is 2.41. The van der Waals surface area contributed by atoms with Gasteiger partial charge in [-0.3, -0.25) is 4.99 Å². The fraction of sp³-hybridized carbons (Fsp3) is 0.933. The molecular weight excluding hydrogens is 236 g/mol. The Bertz CT molecular complexity index is 222. The second-order valence-corrected chi connectivity index (χ2v) is 5.34. The molecule has 0 heterocycles. The SMILES string of the molecule is CCN(CC)CCCNC(=NC)NCCCC(C)C. The monoisotopic (exact) mass is 270 g/mol. The van der Waals surface area contributed by atoms with Gasteiger partial charge in [-0.2, -0.15) is 0 Å². The largest absolute Gasteiger partial charge is 0.356 e. The lowest BCUT2D eigenvalue weighted by Gasteiger charge is -2.18. The molecule has 0 bridgehead atoms. The van der Waals surface area contributed by atoms with Crippen molar-refractivity contribution in [3.05, 3.63) is 0 Å². The normalized spacial score (nSPS) is 12.3. The molecule has 0 aliphatic carbocycles. The van der Waals surface area contributed by atoms with Gasteiger partial charge in [-0.1, -0.05) is 27.7 Å². The number of nitrogens with zero attached hydrogens (tertiary/aromatic N) is 2. The molecule has 0 aromatic heterocycles. The summed E-state index contributed by atoms with van der Waals surface area (Å²) >= 11 is 0. The van der Waals surface area contributed by atoms with Crippen molar-refractivity contribution < 1.29 is 0 Å². The highest BCUT2D eigenvalue weighted by Crippen LogP contribution is 2.01. The van der Waals surface area contributed by atoms with Crippen molar-refractivity contribution in [1.29, 1.82) is 0 Å². The van der Waals surface area contributed by atoms with Crippen molar-refractivity contribution in [2.24, 2.45) is 10.9 Å². The standard InChI is InChI=1S/C15H34N4/c1-6-19(7-2)13-9-12-18-15(16-5)17-11-8-10-14(3)4/h14H,6-13H2,1-5H3,(H2,16,17,18). The van der Waals surface area contributed by atoms with Crippen LogP contribution in [0.5, 0.6) is 0 Å². The van der Waals surface area contributed by atoms with E-state index in [0.717, 1.165) is 51.0 Å². The fourth-order valence-corrected chi connectivity index (χ4v) is 1.99. The minimum absolute atomic E-state index is 0.783. The smallest absolute Gasteiger partial charge is 0.190 e. The molecular formula is C15H34N4. The number of hydrogen-bond donors (Lipinski definition) is 2. The van der Waals surface area contributed by atoms with E-state index in [1.54, 1.807) is 0 Å². The highest BCUT2D eigenvalue weighted by molar-refractivity contribution is 5.79. The quantitative estimate of drug-likeness (QED) is 0.363. The van der Waals surface area contributed by atoms with Gasteiger partial charge in [0.1, 0.15) is 0 Å². The summed E-state index contributed by atoms with van der Waals surface area (Å²) in [5.41, 5.74) is 0. The lowest BCUT2D eigenvalue weighted by atomic mass is 10.1. The zero-order chi connectivity index (χ0) is 14.5. The first kappa shape index (κ1) is 18.2. The van der Waals surface area contributed by atoms with Gasteiger partial charge in [0.2, 0.25) is 0 Å². The van der Waals surface area contributed by atoms with Crippen LogP contribution in [0.25, 0.3) is 0 Å². The van der Waals surface area contributed by atoms with E-state index in [1.165, 1.54) is 12.8 Å². The van der Waals surface area contributed by atoms with Gasteiger partial charge in [0.05, 0.1) is 0 Å². The van der Waals surface area contributed by atoms with Crippen molar-refractivity contribution in [3.63, 3.8) is 0 Å². The van der Waals surface area contributed by atoms with Gasteiger partial charge in [-0.15, -0.1) is 0 Å². The van der Waals surface area contributed by atoms with Gasteiger partial charge in [0.15, 0.2) is 5.96 Å². The van der Waals surface area contributed by atoms with Gasteiger partial charge in [0, 0.05) is 20.1 Å². The molecule has 0 radical (unpaired) electrons. The van der Waals surface area contributed by atoms with Crippen molar-refractivity contribution >= 4 is 5.96 Å². The average molecular weight is 270 g/mol. The van der Waals surface area contributed by atoms with Crippen molar-refractivity contribution in [3.8, 4) is 0 Å². The summed E-state index contributed by atoms with van der Waals surface area (Å²) in [6.07, 6.45) is 3.64. The number of guanidine groups is 1. The molecule has 0 spiro atoms. The van der Waals surface area contributed by atoms with E-state index >= 15 is 0 Å². The van der Waals surface area contributed by atoms with Crippen LogP contribution in [-0.4, -0.2) is 50.6 Å². The molecule has 114 valence electrons. The molecule has 0 saturated heterocycles. The molecule has 0 aliphatic rings. The van der Waals surface area contributed by atoms with Crippen LogP contribution >= 0.6 is 0 Å². The third kappa shape index (κ3) is 10.8. The lowest BCUT2D eigenvalue weighted by Crippen LogP contribution is -2.39. The third-order valence-corrected chi connectivity index (χ3v) is 3.31. The van der Waals surface area contributed by atoms with E-state index in [2.05, 4.69) is 48.2 Å². The molecule has 0 rings (SSSR count). The minimum atomic E-state index is 0.783. The van der Waals surface area contributed by atoms with E-state index in [0.29, 0.717) is 0 Å². The summed E-state index contributed by atoms with van der Waals surface area (Å²) < 4.78 is 0. The van der Waals surface area contributed by atoms with Crippen molar-refractivity contribution in [2.75, 3.05) is 39.8 Å². The molecule has 0 unspecified atom stereocenters. The maximum absolute atomic E-state index is 4.24. The van der Waals surface area contributed by atoms with Crippen LogP contribution in [0.1, 0.15) is 47.0 Å². The molecule has 0 aromatic rings. The molecule has 19 heavy (non-hydrogen) atoms. The van der Waals surface area contributed by atoms with E-state index < -0.39 is 0 Å². The molecule has 2 N–H and O–H groups in total. The Labute approximate surface area is 120 Å². The zero-order valence-electron chi connectivity index (χ0n) is 13.6. The van der Waals surface area contributed by atoms with E-state index in [1.807, 2.05) is 7.05 Å². The van der Waals surface area contributed by atoms with Crippen molar-refractivity contribution in [1.82, 2.24) is 15.5 Å².